The fourth-order valence-electron chi connectivity index (χ4n) is 3.38. The van der Waals surface area contributed by atoms with Gasteiger partial charge in [-0.3, -0.25) is 0 Å². The lowest BCUT2D eigenvalue weighted by atomic mass is 10.1. The highest BCUT2D eigenvalue weighted by Crippen LogP contribution is 2.29. The van der Waals surface area contributed by atoms with Crippen LogP contribution in [0.5, 0.6) is 11.5 Å². The van der Waals surface area contributed by atoms with E-state index >= 15 is 0 Å². The van der Waals surface area contributed by atoms with Crippen LogP contribution >= 0.6 is 0 Å². The third kappa shape index (κ3) is 5.76. The summed E-state index contributed by atoms with van der Waals surface area (Å²) >= 11 is 0. The standard InChI is InChI=1S/C22H31N5O2/c1-4-23-22(26-18-8-9-19(28-2)20(15-18)29-3)25-16-17-10-11-24-21(14-17)27-12-6-5-7-13-27/h8-11,14-15H,4-7,12-13,16H2,1-3H3,(H2,23,25,26). The number of methoxy groups -OCH3 is 2. The van der Waals surface area contributed by atoms with Crippen molar-refractivity contribution in [2.75, 3.05) is 44.1 Å². The maximum atomic E-state index is 5.38. The first-order chi connectivity index (χ1) is 14.2. The van der Waals surface area contributed by atoms with Crippen molar-refractivity contribution in [3.05, 3.63) is 42.1 Å². The number of aromatic nitrogens is 1. The smallest absolute Gasteiger partial charge is 0.196 e. The molecule has 7 nitrogen and oxygen atoms in total. The Kier molecular flexibility index (Phi) is 7.55. The number of benzene rings is 1. The van der Waals surface area contributed by atoms with Crippen LogP contribution in [-0.2, 0) is 6.54 Å². The molecule has 29 heavy (non-hydrogen) atoms. The van der Waals surface area contributed by atoms with Crippen molar-refractivity contribution < 1.29 is 9.47 Å². The van der Waals surface area contributed by atoms with E-state index in [9.17, 15) is 0 Å². The minimum absolute atomic E-state index is 0.575. The summed E-state index contributed by atoms with van der Waals surface area (Å²) in [6, 6.07) is 9.88. The molecular weight excluding hydrogens is 366 g/mol. The topological polar surface area (TPSA) is 71.0 Å². The Morgan fingerprint density at radius 3 is 2.59 bits per heavy atom. The van der Waals surface area contributed by atoms with E-state index < -0.39 is 0 Å². The number of hydrogen-bond acceptors (Lipinski definition) is 5. The number of guanidine groups is 1. The number of rotatable bonds is 7. The van der Waals surface area contributed by atoms with Crippen molar-refractivity contribution >= 4 is 17.5 Å². The van der Waals surface area contributed by atoms with Crippen LogP contribution in [0.4, 0.5) is 11.5 Å². The summed E-state index contributed by atoms with van der Waals surface area (Å²) < 4.78 is 10.7. The second kappa shape index (κ2) is 10.5. The Hall–Kier alpha value is -2.96. The lowest BCUT2D eigenvalue weighted by Gasteiger charge is -2.27. The molecule has 0 aliphatic carbocycles. The van der Waals surface area contributed by atoms with Gasteiger partial charge in [-0.1, -0.05) is 0 Å². The minimum atomic E-state index is 0.575. The molecule has 1 aromatic carbocycles. The van der Waals surface area contributed by atoms with Crippen molar-refractivity contribution in [2.45, 2.75) is 32.7 Å². The van der Waals surface area contributed by atoms with E-state index in [0.717, 1.165) is 42.7 Å². The van der Waals surface area contributed by atoms with Crippen molar-refractivity contribution in [2.24, 2.45) is 4.99 Å². The Bertz CT molecular complexity index is 819. The van der Waals surface area contributed by atoms with Gasteiger partial charge in [0.05, 0.1) is 20.8 Å². The van der Waals surface area contributed by atoms with Crippen LogP contribution in [0.3, 0.4) is 0 Å². The summed E-state index contributed by atoms with van der Waals surface area (Å²) in [6.07, 6.45) is 5.67. The zero-order valence-electron chi connectivity index (χ0n) is 17.6. The number of aliphatic imine (C=N–C) groups is 1. The fraction of sp³-hybridized carbons (Fsp3) is 0.455. The monoisotopic (exact) mass is 397 g/mol. The molecule has 1 aliphatic heterocycles. The van der Waals surface area contributed by atoms with Crippen LogP contribution in [0.15, 0.2) is 41.5 Å². The molecule has 2 aromatic rings. The third-order valence-electron chi connectivity index (χ3n) is 4.90. The zero-order valence-corrected chi connectivity index (χ0v) is 17.6. The van der Waals surface area contributed by atoms with Gasteiger partial charge in [-0.15, -0.1) is 0 Å². The quantitative estimate of drug-likeness (QED) is 0.549. The lowest BCUT2D eigenvalue weighted by molar-refractivity contribution is 0.355. The van der Waals surface area contributed by atoms with Gasteiger partial charge in [-0.2, -0.15) is 0 Å². The van der Waals surface area contributed by atoms with E-state index in [1.165, 1.54) is 19.3 Å². The Morgan fingerprint density at radius 2 is 1.86 bits per heavy atom. The highest BCUT2D eigenvalue weighted by Gasteiger charge is 2.12. The largest absolute Gasteiger partial charge is 0.493 e. The highest BCUT2D eigenvalue weighted by atomic mass is 16.5. The second-order valence-electron chi connectivity index (χ2n) is 6.96. The van der Waals surface area contributed by atoms with Gasteiger partial charge in [0.15, 0.2) is 17.5 Å². The molecular formula is C22H31N5O2. The Labute approximate surface area is 173 Å². The molecule has 0 radical (unpaired) electrons. The summed E-state index contributed by atoms with van der Waals surface area (Å²) in [4.78, 5) is 11.7. The number of piperidine rings is 1. The third-order valence-corrected chi connectivity index (χ3v) is 4.90. The normalized spacial score (nSPS) is 14.4. The van der Waals surface area contributed by atoms with Gasteiger partial charge in [0.25, 0.3) is 0 Å². The van der Waals surface area contributed by atoms with Gasteiger partial charge in [-0.25, -0.2) is 9.98 Å². The first kappa shape index (κ1) is 20.8. The summed E-state index contributed by atoms with van der Waals surface area (Å²) in [5.74, 6) is 3.14. The number of hydrogen-bond donors (Lipinski definition) is 2. The Morgan fingerprint density at radius 1 is 1.07 bits per heavy atom. The molecule has 0 atom stereocenters. The molecule has 1 fully saturated rings. The van der Waals surface area contributed by atoms with Crippen molar-refractivity contribution in [1.29, 1.82) is 0 Å². The molecule has 1 aromatic heterocycles. The molecule has 0 spiro atoms. The fourth-order valence-corrected chi connectivity index (χ4v) is 3.38. The summed E-state index contributed by atoms with van der Waals surface area (Å²) in [5.41, 5.74) is 2.02. The Balaban J connectivity index is 1.71. The van der Waals surface area contributed by atoms with Crippen LogP contribution in [0.2, 0.25) is 0 Å². The maximum Gasteiger partial charge on any atom is 0.196 e. The average molecular weight is 398 g/mol. The number of nitrogens with zero attached hydrogens (tertiary/aromatic N) is 3. The first-order valence-electron chi connectivity index (χ1n) is 10.2. The maximum absolute atomic E-state index is 5.38. The predicted octanol–water partition coefficient (Wildman–Crippen LogP) is 3.67. The number of nitrogens with one attached hydrogen (secondary N) is 2. The molecule has 1 saturated heterocycles. The molecule has 0 unspecified atom stereocenters. The molecule has 2 N–H and O–H groups in total. The van der Waals surface area contributed by atoms with Gasteiger partial charge in [0, 0.05) is 37.6 Å². The van der Waals surface area contributed by atoms with Crippen molar-refractivity contribution in [3.8, 4) is 11.5 Å². The number of anilines is 2. The highest BCUT2D eigenvalue weighted by molar-refractivity contribution is 5.93. The first-order valence-corrected chi connectivity index (χ1v) is 10.2. The van der Waals surface area contributed by atoms with Gasteiger partial charge in [0.2, 0.25) is 0 Å². The van der Waals surface area contributed by atoms with Crippen molar-refractivity contribution in [3.63, 3.8) is 0 Å². The minimum Gasteiger partial charge on any atom is -0.493 e. The van der Waals surface area contributed by atoms with Crippen LogP contribution in [0.1, 0.15) is 31.7 Å². The van der Waals surface area contributed by atoms with E-state index in [4.69, 9.17) is 14.5 Å². The van der Waals surface area contributed by atoms with Gasteiger partial charge in [-0.05, 0) is 56.0 Å². The molecule has 1 aliphatic rings. The predicted molar refractivity (Wildman–Crippen MR) is 118 cm³/mol. The van der Waals surface area contributed by atoms with E-state index in [1.54, 1.807) is 14.2 Å². The number of ether oxygens (including phenoxy) is 2. The lowest BCUT2D eigenvalue weighted by Crippen LogP contribution is -2.31. The van der Waals surface area contributed by atoms with Crippen LogP contribution in [-0.4, -0.2) is 44.8 Å². The summed E-state index contributed by atoms with van der Waals surface area (Å²) in [5, 5.41) is 6.62. The summed E-state index contributed by atoms with van der Waals surface area (Å²) in [6.45, 7) is 5.57. The van der Waals surface area contributed by atoms with E-state index in [1.807, 2.05) is 37.4 Å². The molecule has 2 heterocycles. The van der Waals surface area contributed by atoms with E-state index in [2.05, 4.69) is 26.6 Å². The van der Waals surface area contributed by atoms with Gasteiger partial charge >= 0.3 is 0 Å². The van der Waals surface area contributed by atoms with Gasteiger partial charge < -0.3 is 25.0 Å². The van der Waals surface area contributed by atoms with E-state index in [0.29, 0.717) is 18.0 Å². The van der Waals surface area contributed by atoms with Crippen molar-refractivity contribution in [1.82, 2.24) is 10.3 Å². The zero-order chi connectivity index (χ0) is 20.5. The second-order valence-corrected chi connectivity index (χ2v) is 6.96. The van der Waals surface area contributed by atoms with Gasteiger partial charge in [0.1, 0.15) is 5.82 Å². The molecule has 0 amide bonds. The van der Waals surface area contributed by atoms with E-state index in [-0.39, 0.29) is 0 Å². The molecule has 0 bridgehead atoms. The molecule has 3 rings (SSSR count). The average Bonchev–Trinajstić information content (AvgIpc) is 2.78. The molecule has 0 saturated carbocycles. The van der Waals surface area contributed by atoms with Crippen LogP contribution in [0.25, 0.3) is 0 Å². The summed E-state index contributed by atoms with van der Waals surface area (Å²) in [7, 11) is 3.26. The SMILES string of the molecule is CCNC(=NCc1ccnc(N2CCCCC2)c1)Nc1ccc(OC)c(OC)c1. The van der Waals surface area contributed by atoms with Crippen LogP contribution in [0, 0.1) is 0 Å². The molecule has 156 valence electrons. The molecule has 7 heteroatoms. The van der Waals surface area contributed by atoms with Crippen LogP contribution < -0.4 is 25.0 Å². The number of pyridine rings is 1.